The van der Waals surface area contributed by atoms with Crippen molar-refractivity contribution in [3.8, 4) is 0 Å². The van der Waals surface area contributed by atoms with Gasteiger partial charge in [0.25, 0.3) is 5.91 Å². The fourth-order valence-electron chi connectivity index (χ4n) is 2.32. The molecule has 0 spiro atoms. The van der Waals surface area contributed by atoms with E-state index in [9.17, 15) is 9.59 Å². The molecule has 24 heavy (non-hydrogen) atoms. The van der Waals surface area contributed by atoms with Crippen LogP contribution in [0.4, 0.5) is 5.69 Å². The number of hydrogen-bond donors (Lipinski definition) is 1. The molecule has 1 heterocycles. The number of rotatable bonds is 4. The molecule has 0 saturated heterocycles. The summed E-state index contributed by atoms with van der Waals surface area (Å²) in [5, 5.41) is 3.78. The maximum Gasteiger partial charge on any atom is 0.375 e. The van der Waals surface area contributed by atoms with Crippen LogP contribution in [0, 0.1) is 6.92 Å². The van der Waals surface area contributed by atoms with E-state index in [1.807, 2.05) is 6.07 Å². The number of fused-ring (bicyclic) bond motifs is 1. The Morgan fingerprint density at radius 3 is 2.58 bits per heavy atom. The molecule has 0 aliphatic carbocycles. The van der Waals surface area contributed by atoms with Crippen LogP contribution in [0.25, 0.3) is 11.0 Å². The van der Waals surface area contributed by atoms with Crippen LogP contribution in [0.5, 0.6) is 0 Å². The monoisotopic (exact) mass is 343 g/mol. The highest BCUT2D eigenvalue weighted by molar-refractivity contribution is 6.35. The van der Waals surface area contributed by atoms with Gasteiger partial charge in [0.05, 0.1) is 5.02 Å². The maximum atomic E-state index is 12.2. The van der Waals surface area contributed by atoms with Crippen molar-refractivity contribution in [2.45, 2.75) is 6.92 Å². The van der Waals surface area contributed by atoms with E-state index >= 15 is 0 Å². The van der Waals surface area contributed by atoms with Gasteiger partial charge in [-0.25, -0.2) is 4.79 Å². The predicted octanol–water partition coefficient (Wildman–Crippen LogP) is 4.19. The number of carbonyl (C=O) groups excluding carboxylic acids is 2. The minimum absolute atomic E-state index is 0.0469. The highest BCUT2D eigenvalue weighted by Gasteiger charge is 2.21. The second kappa shape index (κ2) is 6.76. The second-order valence-corrected chi connectivity index (χ2v) is 5.57. The van der Waals surface area contributed by atoms with Crippen molar-refractivity contribution >= 4 is 40.1 Å². The Balaban J connectivity index is 1.68. The predicted molar refractivity (Wildman–Crippen MR) is 91.3 cm³/mol. The summed E-state index contributed by atoms with van der Waals surface area (Å²) in [7, 11) is 0. The molecule has 0 aliphatic heterocycles. The summed E-state index contributed by atoms with van der Waals surface area (Å²) >= 11 is 6.05. The van der Waals surface area contributed by atoms with Gasteiger partial charge in [0.1, 0.15) is 0 Å². The molecule has 0 unspecified atom stereocenters. The number of benzene rings is 2. The summed E-state index contributed by atoms with van der Waals surface area (Å²) in [4.78, 5) is 24.0. The van der Waals surface area contributed by atoms with Crippen LogP contribution >= 0.6 is 11.6 Å². The Morgan fingerprint density at radius 1 is 1.12 bits per heavy atom. The molecule has 0 aliphatic rings. The van der Waals surface area contributed by atoms with Crippen molar-refractivity contribution in [1.29, 1.82) is 0 Å². The Hall–Kier alpha value is -2.79. The molecule has 0 saturated carbocycles. The van der Waals surface area contributed by atoms with Crippen molar-refractivity contribution in [2.24, 2.45) is 0 Å². The Kier molecular flexibility index (Phi) is 4.53. The summed E-state index contributed by atoms with van der Waals surface area (Å²) in [6.45, 7) is 1.33. The van der Waals surface area contributed by atoms with Crippen LogP contribution in [0.15, 0.2) is 52.9 Å². The smallest absolute Gasteiger partial charge is 0.375 e. The van der Waals surface area contributed by atoms with Gasteiger partial charge in [-0.15, -0.1) is 0 Å². The van der Waals surface area contributed by atoms with Crippen LogP contribution in [0.1, 0.15) is 16.1 Å². The van der Waals surface area contributed by atoms with E-state index in [1.54, 1.807) is 49.4 Å². The number of para-hydroxylation sites is 2. The summed E-state index contributed by atoms with van der Waals surface area (Å²) in [5.41, 5.74) is 1.68. The van der Waals surface area contributed by atoms with Gasteiger partial charge in [-0.3, -0.25) is 4.79 Å². The second-order valence-electron chi connectivity index (χ2n) is 5.16. The molecule has 122 valence electrons. The van der Waals surface area contributed by atoms with Crippen molar-refractivity contribution < 1.29 is 18.7 Å². The minimum Gasteiger partial charge on any atom is -0.450 e. The number of furan rings is 1. The lowest BCUT2D eigenvalue weighted by molar-refractivity contribution is -0.119. The summed E-state index contributed by atoms with van der Waals surface area (Å²) in [6, 6.07) is 14.2. The number of esters is 1. The molecule has 5 nitrogen and oxygen atoms in total. The highest BCUT2D eigenvalue weighted by Crippen LogP contribution is 2.30. The summed E-state index contributed by atoms with van der Waals surface area (Å²) in [5.74, 6) is -1.09. The highest BCUT2D eigenvalue weighted by atomic mass is 35.5. The van der Waals surface area contributed by atoms with Crippen molar-refractivity contribution in [3.63, 3.8) is 0 Å². The van der Waals surface area contributed by atoms with Gasteiger partial charge < -0.3 is 14.5 Å². The zero-order valence-electron chi connectivity index (χ0n) is 12.8. The molecule has 1 amide bonds. The minimum atomic E-state index is -0.706. The lowest BCUT2D eigenvalue weighted by Gasteiger charge is -2.05. The first-order valence-electron chi connectivity index (χ1n) is 7.26. The standard InChI is InChI=1S/C18H14ClNO4/c1-11-13-8-5-9-14(19)17(13)24-16(11)18(22)23-10-15(21)20-12-6-3-2-4-7-12/h2-9H,10H2,1H3,(H,20,21). The quantitative estimate of drug-likeness (QED) is 0.721. The Bertz CT molecular complexity index is 902. The van der Waals surface area contributed by atoms with Crippen molar-refractivity contribution in [3.05, 3.63) is 64.9 Å². The van der Waals surface area contributed by atoms with E-state index in [1.165, 1.54) is 0 Å². The fraction of sp³-hybridized carbons (Fsp3) is 0.111. The number of ether oxygens (including phenoxy) is 1. The fourth-order valence-corrected chi connectivity index (χ4v) is 2.53. The van der Waals surface area contributed by atoms with Gasteiger partial charge in [0, 0.05) is 16.6 Å². The topological polar surface area (TPSA) is 68.5 Å². The summed E-state index contributed by atoms with van der Waals surface area (Å²) < 4.78 is 10.5. The first-order chi connectivity index (χ1) is 11.6. The van der Waals surface area contributed by atoms with Crippen LogP contribution in [-0.4, -0.2) is 18.5 Å². The van der Waals surface area contributed by atoms with Gasteiger partial charge in [-0.2, -0.15) is 0 Å². The number of anilines is 1. The molecular weight excluding hydrogens is 330 g/mol. The molecule has 6 heteroatoms. The number of carbonyl (C=O) groups is 2. The van der Waals surface area contributed by atoms with E-state index in [-0.39, 0.29) is 5.76 Å². The van der Waals surface area contributed by atoms with Crippen LogP contribution in [-0.2, 0) is 9.53 Å². The molecule has 0 fully saturated rings. The van der Waals surface area contributed by atoms with Crippen LogP contribution in [0.2, 0.25) is 5.02 Å². The molecule has 1 N–H and O–H groups in total. The SMILES string of the molecule is Cc1c(C(=O)OCC(=O)Nc2ccccc2)oc2c(Cl)cccc12. The first kappa shape index (κ1) is 16.1. The third-order valence-electron chi connectivity index (χ3n) is 3.49. The molecular formula is C18H14ClNO4. The third-order valence-corrected chi connectivity index (χ3v) is 3.79. The molecule has 3 rings (SSSR count). The lowest BCUT2D eigenvalue weighted by Crippen LogP contribution is -2.20. The number of aryl methyl sites for hydroxylation is 1. The Labute approximate surface area is 143 Å². The maximum absolute atomic E-state index is 12.2. The van der Waals surface area contributed by atoms with E-state index in [2.05, 4.69) is 5.32 Å². The molecule has 3 aromatic rings. The average molecular weight is 344 g/mol. The molecule has 2 aromatic carbocycles. The van der Waals surface area contributed by atoms with Gasteiger partial charge in [0.15, 0.2) is 12.2 Å². The number of hydrogen-bond acceptors (Lipinski definition) is 4. The molecule has 0 atom stereocenters. The van der Waals surface area contributed by atoms with Crippen molar-refractivity contribution in [1.82, 2.24) is 0 Å². The molecule has 0 radical (unpaired) electrons. The Morgan fingerprint density at radius 2 is 1.88 bits per heavy atom. The van der Waals surface area contributed by atoms with Crippen LogP contribution in [0.3, 0.4) is 0 Å². The van der Waals surface area contributed by atoms with Gasteiger partial charge >= 0.3 is 5.97 Å². The molecule has 0 bridgehead atoms. The summed E-state index contributed by atoms with van der Waals surface area (Å²) in [6.07, 6.45) is 0. The number of halogens is 1. The van der Waals surface area contributed by atoms with E-state index < -0.39 is 18.5 Å². The van der Waals surface area contributed by atoms with Crippen LogP contribution < -0.4 is 5.32 Å². The third kappa shape index (κ3) is 3.26. The van der Waals surface area contributed by atoms with Crippen molar-refractivity contribution in [2.75, 3.05) is 11.9 Å². The van der Waals surface area contributed by atoms with E-state index in [0.29, 0.717) is 21.9 Å². The largest absolute Gasteiger partial charge is 0.450 e. The van der Waals surface area contributed by atoms with Gasteiger partial charge in [0.2, 0.25) is 5.76 Å². The normalized spacial score (nSPS) is 10.6. The zero-order valence-corrected chi connectivity index (χ0v) is 13.6. The van der Waals surface area contributed by atoms with E-state index in [0.717, 1.165) is 5.39 Å². The lowest BCUT2D eigenvalue weighted by atomic mass is 10.1. The van der Waals surface area contributed by atoms with E-state index in [4.69, 9.17) is 20.8 Å². The molecule has 1 aromatic heterocycles. The average Bonchev–Trinajstić information content (AvgIpc) is 2.92. The van der Waals surface area contributed by atoms with Gasteiger partial charge in [-0.1, -0.05) is 41.9 Å². The first-order valence-corrected chi connectivity index (χ1v) is 7.63. The number of amides is 1. The number of nitrogens with one attached hydrogen (secondary N) is 1. The zero-order chi connectivity index (χ0) is 17.1. The van der Waals surface area contributed by atoms with Gasteiger partial charge in [-0.05, 0) is 25.1 Å².